The van der Waals surface area contributed by atoms with Crippen LogP contribution in [0.4, 0.5) is 0 Å². The molecule has 1 rings (SSSR count). The fraction of sp³-hybridized carbons (Fsp3) is 0.462. The maximum Gasteiger partial charge on any atom is 0.338 e. The van der Waals surface area contributed by atoms with Crippen molar-refractivity contribution in [3.63, 3.8) is 0 Å². The Kier molecular flexibility index (Phi) is 4.81. The zero-order chi connectivity index (χ0) is 12.1. The Bertz CT molecular complexity index is 372. The van der Waals surface area contributed by atoms with Gasteiger partial charge in [0.2, 0.25) is 0 Å². The van der Waals surface area contributed by atoms with E-state index in [4.69, 9.17) is 16.3 Å². The third-order valence-corrected chi connectivity index (χ3v) is 2.54. The van der Waals surface area contributed by atoms with E-state index in [1.807, 2.05) is 6.07 Å². The molecule has 0 heterocycles. The predicted molar refractivity (Wildman–Crippen MR) is 66.0 cm³/mol. The molecule has 0 aliphatic carbocycles. The Morgan fingerprint density at radius 1 is 1.44 bits per heavy atom. The first-order valence-electron chi connectivity index (χ1n) is 5.50. The van der Waals surface area contributed by atoms with Crippen molar-refractivity contribution in [3.8, 4) is 0 Å². The van der Waals surface area contributed by atoms with Crippen molar-refractivity contribution < 1.29 is 9.53 Å². The van der Waals surface area contributed by atoms with E-state index in [1.165, 1.54) is 0 Å². The van der Waals surface area contributed by atoms with Gasteiger partial charge < -0.3 is 4.74 Å². The molecule has 0 aliphatic heterocycles. The normalized spacial score (nSPS) is 10.6. The highest BCUT2D eigenvalue weighted by Gasteiger charge is 2.10. The molecule has 0 radical (unpaired) electrons. The molecule has 2 nitrogen and oxygen atoms in total. The zero-order valence-electron chi connectivity index (χ0n) is 9.92. The summed E-state index contributed by atoms with van der Waals surface area (Å²) in [5.41, 5.74) is 1.59. The van der Waals surface area contributed by atoms with Crippen LogP contribution in [0.2, 0.25) is 5.02 Å². The van der Waals surface area contributed by atoms with Gasteiger partial charge in [-0.1, -0.05) is 31.5 Å². The Labute approximate surface area is 102 Å². The molecule has 1 aromatic rings. The van der Waals surface area contributed by atoms with Crippen LogP contribution in [-0.2, 0) is 11.2 Å². The average Bonchev–Trinajstić information content (AvgIpc) is 2.20. The molecule has 0 amide bonds. The summed E-state index contributed by atoms with van der Waals surface area (Å²) in [6, 6.07) is 5.34. The predicted octanol–water partition coefficient (Wildman–Crippen LogP) is 3.72. The number of carbonyl (C=O) groups excluding carboxylic acids is 1. The van der Waals surface area contributed by atoms with E-state index in [0.717, 1.165) is 12.0 Å². The third kappa shape index (κ3) is 3.53. The van der Waals surface area contributed by atoms with Crippen LogP contribution in [0.25, 0.3) is 0 Å². The van der Waals surface area contributed by atoms with Gasteiger partial charge in [0.15, 0.2) is 0 Å². The highest BCUT2D eigenvalue weighted by molar-refractivity contribution is 6.31. The summed E-state index contributed by atoms with van der Waals surface area (Å²) in [5, 5.41) is 0.638. The lowest BCUT2D eigenvalue weighted by atomic mass is 10.0. The van der Waals surface area contributed by atoms with Crippen molar-refractivity contribution in [3.05, 3.63) is 34.3 Å². The van der Waals surface area contributed by atoms with Crippen molar-refractivity contribution in [2.45, 2.75) is 27.2 Å². The molecular formula is C13H17ClO2. The molecule has 0 unspecified atom stereocenters. The minimum absolute atomic E-state index is 0.319. The second-order valence-electron chi connectivity index (χ2n) is 4.12. The van der Waals surface area contributed by atoms with E-state index < -0.39 is 0 Å². The van der Waals surface area contributed by atoms with E-state index in [-0.39, 0.29) is 5.97 Å². The summed E-state index contributed by atoms with van der Waals surface area (Å²) >= 11 is 6.11. The third-order valence-electron chi connectivity index (χ3n) is 2.19. The van der Waals surface area contributed by atoms with Gasteiger partial charge in [0, 0.05) is 5.02 Å². The van der Waals surface area contributed by atoms with Crippen molar-refractivity contribution >= 4 is 17.6 Å². The number of esters is 1. The molecule has 0 bridgehead atoms. The number of hydrogen-bond acceptors (Lipinski definition) is 2. The number of halogens is 1. The van der Waals surface area contributed by atoms with Crippen LogP contribution in [-0.4, -0.2) is 12.6 Å². The van der Waals surface area contributed by atoms with Gasteiger partial charge in [-0.05, 0) is 37.0 Å². The Balaban J connectivity index is 2.86. The van der Waals surface area contributed by atoms with E-state index in [2.05, 4.69) is 13.8 Å². The summed E-state index contributed by atoms with van der Waals surface area (Å²) in [4.78, 5) is 11.4. The number of rotatable bonds is 4. The Morgan fingerprint density at radius 3 is 2.62 bits per heavy atom. The van der Waals surface area contributed by atoms with Crippen molar-refractivity contribution in [2.24, 2.45) is 5.92 Å². The number of hydrogen-bond donors (Lipinski definition) is 0. The largest absolute Gasteiger partial charge is 0.462 e. The van der Waals surface area contributed by atoms with Crippen LogP contribution < -0.4 is 0 Å². The van der Waals surface area contributed by atoms with Crippen LogP contribution in [0.15, 0.2) is 18.2 Å². The van der Waals surface area contributed by atoms with E-state index >= 15 is 0 Å². The highest BCUT2D eigenvalue weighted by atomic mass is 35.5. The number of benzene rings is 1. The summed E-state index contributed by atoms with van der Waals surface area (Å²) in [7, 11) is 0. The first-order valence-corrected chi connectivity index (χ1v) is 5.88. The standard InChI is InChI=1S/C13H17ClO2/c1-4-16-13(15)11-6-5-10(7-9(2)3)12(14)8-11/h5-6,8-9H,4,7H2,1-3H3. The minimum atomic E-state index is -0.319. The molecular weight excluding hydrogens is 224 g/mol. The Morgan fingerprint density at radius 2 is 2.12 bits per heavy atom. The van der Waals surface area contributed by atoms with Gasteiger partial charge in [0.1, 0.15) is 0 Å². The van der Waals surface area contributed by atoms with Crippen LogP contribution in [0.3, 0.4) is 0 Å². The van der Waals surface area contributed by atoms with Crippen molar-refractivity contribution in [2.75, 3.05) is 6.61 Å². The second kappa shape index (κ2) is 5.90. The lowest BCUT2D eigenvalue weighted by molar-refractivity contribution is 0.0526. The SMILES string of the molecule is CCOC(=O)c1ccc(CC(C)C)c(Cl)c1. The van der Waals surface area contributed by atoms with Crippen LogP contribution >= 0.6 is 11.6 Å². The van der Waals surface area contributed by atoms with Gasteiger partial charge in [-0.15, -0.1) is 0 Å². The van der Waals surface area contributed by atoms with Crippen LogP contribution in [0.1, 0.15) is 36.7 Å². The van der Waals surface area contributed by atoms with Gasteiger partial charge in [-0.3, -0.25) is 0 Å². The molecule has 88 valence electrons. The summed E-state index contributed by atoms with van der Waals surface area (Å²) in [6.45, 7) is 6.43. The molecule has 3 heteroatoms. The molecule has 0 saturated carbocycles. The highest BCUT2D eigenvalue weighted by Crippen LogP contribution is 2.21. The van der Waals surface area contributed by atoms with Gasteiger partial charge >= 0.3 is 5.97 Å². The maximum atomic E-state index is 11.4. The summed E-state index contributed by atoms with van der Waals surface area (Å²) < 4.78 is 4.91. The molecule has 0 aromatic heterocycles. The van der Waals surface area contributed by atoms with Gasteiger partial charge in [-0.25, -0.2) is 4.79 Å². The topological polar surface area (TPSA) is 26.3 Å². The quantitative estimate of drug-likeness (QED) is 0.750. The smallest absolute Gasteiger partial charge is 0.338 e. The molecule has 1 aromatic carbocycles. The summed E-state index contributed by atoms with van der Waals surface area (Å²) in [5.74, 6) is 0.228. The van der Waals surface area contributed by atoms with Crippen molar-refractivity contribution in [1.29, 1.82) is 0 Å². The molecule has 0 saturated heterocycles. The molecule has 0 fully saturated rings. The van der Waals surface area contributed by atoms with Gasteiger partial charge in [0.25, 0.3) is 0 Å². The Hall–Kier alpha value is -1.02. The fourth-order valence-corrected chi connectivity index (χ4v) is 1.75. The molecule has 16 heavy (non-hydrogen) atoms. The van der Waals surface area contributed by atoms with Crippen LogP contribution in [0.5, 0.6) is 0 Å². The van der Waals surface area contributed by atoms with Gasteiger partial charge in [0.05, 0.1) is 12.2 Å². The first kappa shape index (κ1) is 13.0. The lowest BCUT2D eigenvalue weighted by Crippen LogP contribution is -2.05. The van der Waals surface area contributed by atoms with Crippen molar-refractivity contribution in [1.82, 2.24) is 0 Å². The van der Waals surface area contributed by atoms with Crippen LogP contribution in [0, 0.1) is 5.92 Å². The maximum absolute atomic E-state index is 11.4. The molecule has 0 N–H and O–H groups in total. The zero-order valence-corrected chi connectivity index (χ0v) is 10.7. The van der Waals surface area contributed by atoms with E-state index in [0.29, 0.717) is 23.1 Å². The molecule has 0 aliphatic rings. The summed E-state index contributed by atoms with van der Waals surface area (Å²) in [6.07, 6.45) is 0.919. The number of carbonyl (C=O) groups is 1. The van der Waals surface area contributed by atoms with Gasteiger partial charge in [-0.2, -0.15) is 0 Å². The average molecular weight is 241 g/mol. The van der Waals surface area contributed by atoms with E-state index in [1.54, 1.807) is 19.1 Å². The molecule has 0 spiro atoms. The minimum Gasteiger partial charge on any atom is -0.462 e. The molecule has 0 atom stereocenters. The number of ether oxygens (including phenoxy) is 1. The lowest BCUT2D eigenvalue weighted by Gasteiger charge is -2.08. The first-order chi connectivity index (χ1) is 7.54. The second-order valence-corrected chi connectivity index (χ2v) is 4.53. The van der Waals surface area contributed by atoms with E-state index in [9.17, 15) is 4.79 Å². The monoisotopic (exact) mass is 240 g/mol. The fourth-order valence-electron chi connectivity index (χ4n) is 1.49.